The van der Waals surface area contributed by atoms with Gasteiger partial charge in [-0.05, 0) is 18.6 Å². The Labute approximate surface area is 138 Å². The maximum atomic E-state index is 11.9. The fourth-order valence-electron chi connectivity index (χ4n) is 2.16. The Kier molecular flexibility index (Phi) is 4.12. The van der Waals surface area contributed by atoms with Crippen molar-refractivity contribution in [1.82, 2.24) is 19.8 Å². The molecule has 0 saturated heterocycles. The van der Waals surface area contributed by atoms with Crippen LogP contribution in [-0.4, -0.2) is 25.7 Å². The molecule has 0 saturated carbocycles. The Bertz CT molecular complexity index is 865. The van der Waals surface area contributed by atoms with Crippen LogP contribution in [0.1, 0.15) is 32.2 Å². The van der Waals surface area contributed by atoms with Crippen molar-refractivity contribution in [3.8, 4) is 10.6 Å². The van der Waals surface area contributed by atoms with Crippen molar-refractivity contribution in [2.24, 2.45) is 5.92 Å². The summed E-state index contributed by atoms with van der Waals surface area (Å²) in [7, 11) is 0. The van der Waals surface area contributed by atoms with Crippen molar-refractivity contribution in [2.45, 2.75) is 34.1 Å². The maximum Gasteiger partial charge on any atom is 0.234 e. The molecule has 0 aliphatic carbocycles. The van der Waals surface area contributed by atoms with E-state index in [-0.39, 0.29) is 11.8 Å². The van der Waals surface area contributed by atoms with Gasteiger partial charge in [-0.1, -0.05) is 44.2 Å². The van der Waals surface area contributed by atoms with E-state index in [2.05, 4.69) is 20.6 Å². The summed E-state index contributed by atoms with van der Waals surface area (Å²) in [4.78, 5) is 12.7. The smallest absolute Gasteiger partial charge is 0.234 e. The van der Waals surface area contributed by atoms with Crippen LogP contribution in [0.5, 0.6) is 0 Å². The standard InChI is InChI=1S/C16H19N5OS/c1-5-13-18-19-16-21(13)20-15(23-16)11-7-6-10(4)12(8-11)17-14(22)9(2)3/h6-9H,5H2,1-4H3,(H,17,22). The van der Waals surface area contributed by atoms with Gasteiger partial charge in [0.2, 0.25) is 10.9 Å². The molecule has 0 fully saturated rings. The highest BCUT2D eigenvalue weighted by molar-refractivity contribution is 7.19. The molecule has 3 aromatic rings. The van der Waals surface area contributed by atoms with Crippen LogP contribution in [0.2, 0.25) is 0 Å². The van der Waals surface area contributed by atoms with Crippen molar-refractivity contribution in [3.63, 3.8) is 0 Å². The third-order valence-corrected chi connectivity index (χ3v) is 4.59. The molecular formula is C16H19N5OS. The highest BCUT2D eigenvalue weighted by Crippen LogP contribution is 2.29. The van der Waals surface area contributed by atoms with Crippen LogP contribution in [0.4, 0.5) is 5.69 Å². The molecule has 3 rings (SSSR count). The SMILES string of the molecule is CCc1nnc2sc(-c3ccc(C)c(NC(=O)C(C)C)c3)nn12. The Balaban J connectivity index is 1.98. The van der Waals surface area contributed by atoms with E-state index in [1.807, 2.05) is 45.9 Å². The average Bonchev–Trinajstić information content (AvgIpc) is 3.09. The van der Waals surface area contributed by atoms with E-state index in [4.69, 9.17) is 0 Å². The predicted octanol–water partition coefficient (Wildman–Crippen LogP) is 3.32. The van der Waals surface area contributed by atoms with Crippen LogP contribution < -0.4 is 5.32 Å². The maximum absolute atomic E-state index is 11.9. The van der Waals surface area contributed by atoms with Crippen LogP contribution >= 0.6 is 11.3 Å². The number of hydrogen-bond donors (Lipinski definition) is 1. The summed E-state index contributed by atoms with van der Waals surface area (Å²) in [5, 5.41) is 16.7. The van der Waals surface area contributed by atoms with Crippen LogP contribution in [0.15, 0.2) is 18.2 Å². The van der Waals surface area contributed by atoms with E-state index < -0.39 is 0 Å². The van der Waals surface area contributed by atoms with Gasteiger partial charge in [0.15, 0.2) is 5.82 Å². The molecule has 0 unspecified atom stereocenters. The number of nitrogens with zero attached hydrogens (tertiary/aromatic N) is 4. The number of carbonyl (C=O) groups is 1. The van der Waals surface area contributed by atoms with Gasteiger partial charge in [-0.3, -0.25) is 4.79 Å². The van der Waals surface area contributed by atoms with Gasteiger partial charge in [-0.25, -0.2) is 0 Å². The van der Waals surface area contributed by atoms with Gasteiger partial charge in [0.25, 0.3) is 0 Å². The first kappa shape index (κ1) is 15.6. The van der Waals surface area contributed by atoms with Gasteiger partial charge in [0.1, 0.15) is 5.01 Å². The number of anilines is 1. The minimum atomic E-state index is -0.0561. The molecule has 0 radical (unpaired) electrons. The molecule has 0 spiro atoms. The summed E-state index contributed by atoms with van der Waals surface area (Å²) >= 11 is 1.49. The summed E-state index contributed by atoms with van der Waals surface area (Å²) in [5.74, 6) is 0.805. The zero-order chi connectivity index (χ0) is 16.6. The molecule has 1 amide bonds. The lowest BCUT2D eigenvalue weighted by molar-refractivity contribution is -0.118. The van der Waals surface area contributed by atoms with Crippen molar-refractivity contribution >= 4 is 27.9 Å². The molecule has 1 N–H and O–H groups in total. The zero-order valence-electron chi connectivity index (χ0n) is 13.6. The summed E-state index contributed by atoms with van der Waals surface area (Å²) < 4.78 is 1.78. The molecule has 2 aromatic heterocycles. The Morgan fingerprint density at radius 1 is 1.35 bits per heavy atom. The predicted molar refractivity (Wildman–Crippen MR) is 91.7 cm³/mol. The number of amides is 1. The van der Waals surface area contributed by atoms with Gasteiger partial charge in [0, 0.05) is 23.6 Å². The molecule has 0 bridgehead atoms. The molecule has 23 heavy (non-hydrogen) atoms. The van der Waals surface area contributed by atoms with Crippen LogP contribution in [0.25, 0.3) is 15.5 Å². The summed E-state index contributed by atoms with van der Waals surface area (Å²) in [6.45, 7) is 7.77. The summed E-state index contributed by atoms with van der Waals surface area (Å²) in [6, 6.07) is 5.97. The van der Waals surface area contributed by atoms with E-state index in [1.54, 1.807) is 4.52 Å². The lowest BCUT2D eigenvalue weighted by Crippen LogP contribution is -2.18. The number of aromatic nitrogens is 4. The third-order valence-electron chi connectivity index (χ3n) is 3.64. The molecule has 2 heterocycles. The van der Waals surface area contributed by atoms with Crippen LogP contribution in [0.3, 0.4) is 0 Å². The molecule has 1 aromatic carbocycles. The van der Waals surface area contributed by atoms with Crippen LogP contribution in [0, 0.1) is 12.8 Å². The molecule has 6 nitrogen and oxygen atoms in total. The number of nitrogens with one attached hydrogen (secondary N) is 1. The number of carbonyl (C=O) groups excluding carboxylic acids is 1. The number of hydrogen-bond acceptors (Lipinski definition) is 5. The van der Waals surface area contributed by atoms with Crippen molar-refractivity contribution < 1.29 is 4.79 Å². The average molecular weight is 329 g/mol. The molecule has 0 aliphatic rings. The lowest BCUT2D eigenvalue weighted by atomic mass is 10.1. The van der Waals surface area contributed by atoms with E-state index in [0.29, 0.717) is 0 Å². The van der Waals surface area contributed by atoms with E-state index >= 15 is 0 Å². The van der Waals surface area contributed by atoms with Gasteiger partial charge in [-0.15, -0.1) is 10.2 Å². The number of aryl methyl sites for hydroxylation is 2. The largest absolute Gasteiger partial charge is 0.326 e. The molecular weight excluding hydrogens is 310 g/mol. The molecule has 7 heteroatoms. The monoisotopic (exact) mass is 329 g/mol. The lowest BCUT2D eigenvalue weighted by Gasteiger charge is -2.11. The Hall–Kier alpha value is -2.28. The first-order valence-corrected chi connectivity index (χ1v) is 8.44. The number of fused-ring (bicyclic) bond motifs is 1. The summed E-state index contributed by atoms with van der Waals surface area (Å²) in [6.07, 6.45) is 0.786. The first-order valence-electron chi connectivity index (χ1n) is 7.62. The topological polar surface area (TPSA) is 72.2 Å². The Morgan fingerprint density at radius 3 is 2.83 bits per heavy atom. The van der Waals surface area contributed by atoms with Crippen LogP contribution in [-0.2, 0) is 11.2 Å². The van der Waals surface area contributed by atoms with Gasteiger partial charge in [-0.2, -0.15) is 9.61 Å². The summed E-state index contributed by atoms with van der Waals surface area (Å²) in [5.41, 5.74) is 2.81. The normalized spacial score (nSPS) is 11.3. The van der Waals surface area contributed by atoms with Crippen molar-refractivity contribution in [3.05, 3.63) is 29.6 Å². The molecule has 0 aliphatic heterocycles. The fraction of sp³-hybridized carbons (Fsp3) is 0.375. The highest BCUT2D eigenvalue weighted by atomic mass is 32.1. The minimum Gasteiger partial charge on any atom is -0.326 e. The van der Waals surface area contributed by atoms with E-state index in [9.17, 15) is 4.79 Å². The highest BCUT2D eigenvalue weighted by Gasteiger charge is 2.14. The quantitative estimate of drug-likeness (QED) is 0.797. The third kappa shape index (κ3) is 2.96. The number of benzene rings is 1. The van der Waals surface area contributed by atoms with Crippen molar-refractivity contribution in [1.29, 1.82) is 0 Å². The second-order valence-electron chi connectivity index (χ2n) is 5.75. The van der Waals surface area contributed by atoms with Gasteiger partial charge in [0.05, 0.1) is 0 Å². The fourth-order valence-corrected chi connectivity index (χ4v) is 3.02. The molecule has 120 valence electrons. The first-order chi connectivity index (χ1) is 11.0. The van der Waals surface area contributed by atoms with E-state index in [1.165, 1.54) is 11.3 Å². The van der Waals surface area contributed by atoms with Crippen molar-refractivity contribution in [2.75, 3.05) is 5.32 Å². The second kappa shape index (κ2) is 6.08. The molecule has 0 atom stereocenters. The Morgan fingerprint density at radius 2 is 2.13 bits per heavy atom. The zero-order valence-corrected chi connectivity index (χ0v) is 14.4. The number of rotatable bonds is 4. The van der Waals surface area contributed by atoms with E-state index in [0.717, 1.165) is 39.0 Å². The second-order valence-corrected chi connectivity index (χ2v) is 6.70. The van der Waals surface area contributed by atoms with Gasteiger partial charge >= 0.3 is 0 Å². The minimum absolute atomic E-state index is 0.0108. The van der Waals surface area contributed by atoms with Gasteiger partial charge < -0.3 is 5.32 Å².